The minimum absolute atomic E-state index is 0.735. The van der Waals surface area contributed by atoms with E-state index in [0.717, 1.165) is 36.2 Å². The molecule has 0 bridgehead atoms. The number of benzene rings is 2. The van der Waals surface area contributed by atoms with Crippen molar-refractivity contribution in [3.63, 3.8) is 0 Å². The van der Waals surface area contributed by atoms with E-state index >= 15 is 0 Å². The van der Waals surface area contributed by atoms with Gasteiger partial charge in [0, 0.05) is 0 Å². The van der Waals surface area contributed by atoms with Crippen LogP contribution in [0.1, 0.15) is 58.3 Å². The Bertz CT molecular complexity index is 747. The van der Waals surface area contributed by atoms with Gasteiger partial charge in [0.1, 0.15) is 0 Å². The predicted molar refractivity (Wildman–Crippen MR) is 108 cm³/mol. The molecule has 27 heavy (non-hydrogen) atoms. The topological polar surface area (TPSA) is 34.1 Å². The molecule has 0 aromatic heterocycles. The van der Waals surface area contributed by atoms with Crippen molar-refractivity contribution in [1.29, 1.82) is 0 Å². The van der Waals surface area contributed by atoms with Gasteiger partial charge in [0.15, 0.2) is 0 Å². The van der Waals surface area contributed by atoms with Gasteiger partial charge in [0.25, 0.3) is 0 Å². The van der Waals surface area contributed by atoms with Crippen LogP contribution in [0.15, 0.2) is 53.0 Å². The van der Waals surface area contributed by atoms with Crippen molar-refractivity contribution in [2.45, 2.75) is 63.6 Å². The number of hydrogen-bond acceptors (Lipinski definition) is 2. The third-order valence-electron chi connectivity index (χ3n) is 4.24. The molecule has 0 fully saturated rings. The van der Waals surface area contributed by atoms with Crippen LogP contribution in [-0.4, -0.2) is 0 Å². The van der Waals surface area contributed by atoms with E-state index in [1.165, 1.54) is 38.5 Å². The summed E-state index contributed by atoms with van der Waals surface area (Å²) < 4.78 is 28.5. The molecule has 0 amide bonds. The standard InChI is InChI=1S/C10H21.C6H3Br.C6H5.2Co.2O/c1-3-5-7-9-10-8-6-4-2;7-6-4-2-1-3-5-6;1-2-4-6-5-3-1;;;;/h1,3-10H2,2H3;1-2,5H;1-5H;;;;. The summed E-state index contributed by atoms with van der Waals surface area (Å²) in [6, 6.07) is 15.1. The van der Waals surface area contributed by atoms with E-state index in [1.807, 2.05) is 48.5 Å². The van der Waals surface area contributed by atoms with Crippen LogP contribution in [0, 0.1) is 0 Å². The normalized spacial score (nSPS) is 12.1. The van der Waals surface area contributed by atoms with Gasteiger partial charge in [-0.25, -0.2) is 0 Å². The second-order valence-corrected chi connectivity index (χ2v) is 11.1. The number of halogens is 1. The molecule has 0 radical (unpaired) electrons. The van der Waals surface area contributed by atoms with Gasteiger partial charge in [-0.1, -0.05) is 0 Å². The molecule has 2 rings (SSSR count). The molecule has 0 heterocycles. The van der Waals surface area contributed by atoms with Crippen molar-refractivity contribution in [3.05, 3.63) is 53.0 Å². The summed E-state index contributed by atoms with van der Waals surface area (Å²) in [7, 11) is 0. The Kier molecular flexibility index (Phi) is 10.9. The number of unbranched alkanes of at least 4 members (excludes halogenated alkanes) is 7. The minimum atomic E-state index is -1.61. The monoisotopic (exact) mass is 522 g/mol. The van der Waals surface area contributed by atoms with Gasteiger partial charge in [0.2, 0.25) is 0 Å². The summed E-state index contributed by atoms with van der Waals surface area (Å²) in [5, 5.41) is 0.735. The van der Waals surface area contributed by atoms with Crippen LogP contribution >= 0.6 is 15.9 Å². The van der Waals surface area contributed by atoms with E-state index in [1.54, 1.807) is 0 Å². The molecular weight excluding hydrogens is 494 g/mol. The van der Waals surface area contributed by atoms with Gasteiger partial charge >= 0.3 is 181 Å². The third kappa shape index (κ3) is 7.82. The van der Waals surface area contributed by atoms with Gasteiger partial charge in [-0.15, -0.1) is 0 Å². The summed E-state index contributed by atoms with van der Waals surface area (Å²) in [4.78, 5) is 0. The molecule has 0 aliphatic rings. The first-order valence-electron chi connectivity index (χ1n) is 9.55. The van der Waals surface area contributed by atoms with Crippen molar-refractivity contribution in [2.75, 3.05) is 0 Å². The molecule has 2 aromatic rings. The van der Waals surface area contributed by atoms with E-state index in [9.17, 15) is 7.73 Å². The fourth-order valence-electron chi connectivity index (χ4n) is 2.72. The van der Waals surface area contributed by atoms with Crippen LogP contribution in [0.4, 0.5) is 0 Å². The van der Waals surface area contributed by atoms with Crippen LogP contribution < -0.4 is 13.5 Å². The summed E-state index contributed by atoms with van der Waals surface area (Å²) in [6.07, 6.45) is 10.0. The van der Waals surface area contributed by atoms with Crippen molar-refractivity contribution >= 4 is 29.4 Å². The van der Waals surface area contributed by atoms with Crippen LogP contribution in [0.5, 0.6) is 0 Å². The molecule has 0 saturated heterocycles. The van der Waals surface area contributed by atoms with Crippen molar-refractivity contribution in [3.8, 4) is 0 Å². The molecule has 0 aliphatic carbocycles. The van der Waals surface area contributed by atoms with Gasteiger partial charge in [0.05, 0.1) is 0 Å². The maximum absolute atomic E-state index is 12.7. The summed E-state index contributed by atoms with van der Waals surface area (Å²) >= 11 is 0.552. The predicted octanol–water partition coefficient (Wildman–Crippen LogP) is 5.51. The van der Waals surface area contributed by atoms with Crippen LogP contribution in [0.2, 0.25) is 5.36 Å². The fourth-order valence-corrected chi connectivity index (χ4v) is 6.66. The van der Waals surface area contributed by atoms with Gasteiger partial charge < -0.3 is 0 Å². The average Bonchev–Trinajstić information content (AvgIpc) is 2.70. The van der Waals surface area contributed by atoms with Crippen LogP contribution in [0.25, 0.3) is 0 Å². The first kappa shape index (κ1) is 22.8. The fraction of sp³-hybridized carbons (Fsp3) is 0.455. The van der Waals surface area contributed by atoms with E-state index in [-0.39, 0.29) is 0 Å². The van der Waals surface area contributed by atoms with E-state index in [0.29, 0.717) is 0 Å². The molecule has 0 spiro atoms. The first-order chi connectivity index (χ1) is 13.1. The van der Waals surface area contributed by atoms with E-state index in [2.05, 4.69) is 22.9 Å². The van der Waals surface area contributed by atoms with Crippen molar-refractivity contribution in [1.82, 2.24) is 0 Å². The number of hydrogen-bond donors (Lipinski definition) is 0. The van der Waals surface area contributed by atoms with Crippen molar-refractivity contribution in [2.24, 2.45) is 0 Å². The SMILES string of the molecule is CCCCCCCCC[CH2][Co](=[O])[c]1cc[c]([Co](=[O])[c]2ccccc2)c(Br)c1. The molecule has 0 saturated carbocycles. The quantitative estimate of drug-likeness (QED) is 0.344. The molecule has 0 unspecified atom stereocenters. The Hall–Kier alpha value is -0.467. The molecule has 154 valence electrons. The summed E-state index contributed by atoms with van der Waals surface area (Å²) in [5.74, 6) is 0. The molecule has 2 nitrogen and oxygen atoms in total. The van der Waals surface area contributed by atoms with E-state index in [4.69, 9.17) is 0 Å². The zero-order valence-corrected chi connectivity index (χ0v) is 19.5. The van der Waals surface area contributed by atoms with E-state index < -0.39 is 27.2 Å². The average molecular weight is 523 g/mol. The Labute approximate surface area is 180 Å². The van der Waals surface area contributed by atoms with Crippen LogP contribution in [-0.2, 0) is 34.9 Å². The molecule has 2 aromatic carbocycles. The Balaban J connectivity index is 1.82. The van der Waals surface area contributed by atoms with Gasteiger partial charge in [-0.05, 0) is 0 Å². The molecule has 0 atom stereocenters. The maximum atomic E-state index is 12.7. The van der Waals surface area contributed by atoms with Gasteiger partial charge in [-0.3, -0.25) is 0 Å². The number of rotatable bonds is 12. The summed E-state index contributed by atoms with van der Waals surface area (Å²) in [6.45, 7) is 2.24. The summed E-state index contributed by atoms with van der Waals surface area (Å²) in [5.41, 5.74) is 0. The molecular formula is C22H29BrCo2O2. The molecule has 5 heteroatoms. The Morgan fingerprint density at radius 2 is 1.41 bits per heavy atom. The first-order valence-corrected chi connectivity index (χ1v) is 13.5. The Morgan fingerprint density at radius 1 is 0.778 bits per heavy atom. The second-order valence-electron chi connectivity index (χ2n) is 6.42. The third-order valence-corrected chi connectivity index (χ3v) is 8.91. The van der Waals surface area contributed by atoms with Gasteiger partial charge in [-0.2, -0.15) is 0 Å². The second kappa shape index (κ2) is 12.9. The zero-order chi connectivity index (χ0) is 19.5. The van der Waals surface area contributed by atoms with Crippen LogP contribution in [0.3, 0.4) is 0 Å². The Morgan fingerprint density at radius 3 is 2.04 bits per heavy atom. The molecule has 0 N–H and O–H groups in total. The zero-order valence-electron chi connectivity index (χ0n) is 15.8. The molecule has 0 aliphatic heterocycles. The van der Waals surface area contributed by atoms with Crippen molar-refractivity contribution < 1.29 is 34.9 Å².